The number of carbonyl (C=O) groups is 1. The van der Waals surface area contributed by atoms with Gasteiger partial charge in [-0.05, 0) is 57.2 Å². The van der Waals surface area contributed by atoms with Crippen LogP contribution in [0.5, 0.6) is 5.75 Å². The van der Waals surface area contributed by atoms with E-state index in [9.17, 15) is 4.79 Å². The van der Waals surface area contributed by atoms with Gasteiger partial charge in [0.25, 0.3) is 0 Å². The average Bonchev–Trinajstić information content (AvgIpc) is 2.67. The summed E-state index contributed by atoms with van der Waals surface area (Å²) in [6.45, 7) is 8.92. The Morgan fingerprint density at radius 1 is 0.964 bits per heavy atom. The van der Waals surface area contributed by atoms with E-state index in [1.165, 1.54) is 5.69 Å². The molecule has 2 aromatic rings. The molecule has 28 heavy (non-hydrogen) atoms. The predicted molar refractivity (Wildman–Crippen MR) is 109 cm³/mol. The van der Waals surface area contributed by atoms with Crippen LogP contribution in [-0.4, -0.2) is 55.2 Å². The summed E-state index contributed by atoms with van der Waals surface area (Å²) in [4.78, 5) is 16.3. The molecule has 0 unspecified atom stereocenters. The second-order valence-corrected chi connectivity index (χ2v) is 7.58. The van der Waals surface area contributed by atoms with Crippen LogP contribution in [-0.2, 0) is 4.74 Å². The van der Waals surface area contributed by atoms with E-state index in [0.29, 0.717) is 5.82 Å². The van der Waals surface area contributed by atoms with E-state index < -0.39 is 11.7 Å². The fourth-order valence-electron chi connectivity index (χ4n) is 2.96. The van der Waals surface area contributed by atoms with Crippen LogP contribution < -0.4 is 19.9 Å². The molecule has 1 saturated heterocycles. The number of nitrogens with zero attached hydrogens (tertiary/aromatic N) is 4. The Bertz CT molecular complexity index is 779. The monoisotopic (exact) mass is 385 g/mol. The van der Waals surface area contributed by atoms with E-state index in [0.717, 1.165) is 37.7 Å². The molecule has 0 radical (unpaired) electrons. The SMILES string of the molecule is COc1ccc(N2CCN(c3ccc(NC(=O)OC(C)(C)C)nn3)CC2)cc1. The molecule has 0 aliphatic carbocycles. The number of piperazine rings is 1. The summed E-state index contributed by atoms with van der Waals surface area (Å²) in [5.41, 5.74) is 0.629. The maximum absolute atomic E-state index is 11.8. The molecule has 1 aliphatic heterocycles. The number of carbonyl (C=O) groups excluding carboxylic acids is 1. The molecule has 2 heterocycles. The summed E-state index contributed by atoms with van der Waals surface area (Å²) >= 11 is 0. The van der Waals surface area contributed by atoms with Gasteiger partial charge in [0.1, 0.15) is 11.4 Å². The quantitative estimate of drug-likeness (QED) is 0.866. The molecular weight excluding hydrogens is 358 g/mol. The third-order valence-corrected chi connectivity index (χ3v) is 4.32. The summed E-state index contributed by atoms with van der Waals surface area (Å²) in [6.07, 6.45) is -0.539. The van der Waals surface area contributed by atoms with Crippen molar-refractivity contribution in [1.82, 2.24) is 10.2 Å². The summed E-state index contributed by atoms with van der Waals surface area (Å²) in [5.74, 6) is 2.02. The van der Waals surface area contributed by atoms with Gasteiger partial charge < -0.3 is 19.3 Å². The first-order chi connectivity index (χ1) is 13.3. The van der Waals surface area contributed by atoms with E-state index >= 15 is 0 Å². The first-order valence-electron chi connectivity index (χ1n) is 9.32. The van der Waals surface area contributed by atoms with Crippen molar-refractivity contribution in [3.8, 4) is 5.75 Å². The summed E-state index contributed by atoms with van der Waals surface area (Å²) < 4.78 is 10.4. The van der Waals surface area contributed by atoms with Gasteiger partial charge in [-0.3, -0.25) is 5.32 Å². The van der Waals surface area contributed by atoms with Crippen LogP contribution >= 0.6 is 0 Å². The largest absolute Gasteiger partial charge is 0.497 e. The lowest BCUT2D eigenvalue weighted by Gasteiger charge is -2.36. The van der Waals surface area contributed by atoms with Gasteiger partial charge in [0, 0.05) is 31.9 Å². The van der Waals surface area contributed by atoms with Crippen molar-refractivity contribution in [2.24, 2.45) is 0 Å². The molecule has 8 heteroatoms. The second-order valence-electron chi connectivity index (χ2n) is 7.58. The van der Waals surface area contributed by atoms with Crippen molar-refractivity contribution in [3.63, 3.8) is 0 Å². The van der Waals surface area contributed by atoms with Crippen molar-refractivity contribution in [2.45, 2.75) is 26.4 Å². The third kappa shape index (κ3) is 5.25. The molecular formula is C20H27N5O3. The van der Waals surface area contributed by atoms with Crippen LogP contribution in [0, 0.1) is 0 Å². The fourth-order valence-corrected chi connectivity index (χ4v) is 2.96. The minimum Gasteiger partial charge on any atom is -0.497 e. The standard InChI is InChI=1S/C20H27N5O3/c1-20(2,3)28-19(26)21-17-9-10-18(23-22-17)25-13-11-24(12-14-25)15-5-7-16(27-4)8-6-15/h5-10H,11-14H2,1-4H3,(H,21,22,26). The number of ether oxygens (including phenoxy) is 2. The Morgan fingerprint density at radius 3 is 2.14 bits per heavy atom. The Labute approximate surface area is 165 Å². The van der Waals surface area contributed by atoms with Crippen LogP contribution in [0.25, 0.3) is 0 Å². The van der Waals surface area contributed by atoms with Crippen LogP contribution in [0.3, 0.4) is 0 Å². The lowest BCUT2D eigenvalue weighted by molar-refractivity contribution is 0.0635. The molecule has 1 fully saturated rings. The van der Waals surface area contributed by atoms with Crippen molar-refractivity contribution < 1.29 is 14.3 Å². The highest BCUT2D eigenvalue weighted by molar-refractivity contribution is 5.83. The van der Waals surface area contributed by atoms with Crippen molar-refractivity contribution in [1.29, 1.82) is 0 Å². The number of aromatic nitrogens is 2. The van der Waals surface area contributed by atoms with Gasteiger partial charge in [-0.1, -0.05) is 0 Å². The molecule has 1 aromatic heterocycles. The molecule has 0 bridgehead atoms. The van der Waals surface area contributed by atoms with Crippen molar-refractivity contribution >= 4 is 23.4 Å². The van der Waals surface area contributed by atoms with Crippen LogP contribution in [0.2, 0.25) is 0 Å². The number of anilines is 3. The average molecular weight is 385 g/mol. The molecule has 1 N–H and O–H groups in total. The van der Waals surface area contributed by atoms with E-state index in [2.05, 4.69) is 37.4 Å². The topological polar surface area (TPSA) is 79.8 Å². The van der Waals surface area contributed by atoms with Crippen molar-refractivity contribution in [2.75, 3.05) is 48.4 Å². The lowest BCUT2D eigenvalue weighted by atomic mass is 10.2. The molecule has 1 aliphatic rings. The van der Waals surface area contributed by atoms with Crippen LogP contribution in [0.15, 0.2) is 36.4 Å². The highest BCUT2D eigenvalue weighted by Gasteiger charge is 2.20. The Kier molecular flexibility index (Phi) is 5.87. The van der Waals surface area contributed by atoms with Gasteiger partial charge in [-0.2, -0.15) is 0 Å². The maximum Gasteiger partial charge on any atom is 0.413 e. The van der Waals surface area contributed by atoms with Gasteiger partial charge >= 0.3 is 6.09 Å². The number of hydrogen-bond acceptors (Lipinski definition) is 7. The van der Waals surface area contributed by atoms with E-state index in [1.807, 2.05) is 39.0 Å². The second kappa shape index (κ2) is 8.33. The Morgan fingerprint density at radius 2 is 1.61 bits per heavy atom. The minimum absolute atomic E-state index is 0.370. The minimum atomic E-state index is -0.555. The Hall–Kier alpha value is -3.03. The highest BCUT2D eigenvalue weighted by Crippen LogP contribution is 2.22. The Balaban J connectivity index is 1.53. The molecule has 150 valence electrons. The van der Waals surface area contributed by atoms with Gasteiger partial charge in [-0.25, -0.2) is 4.79 Å². The summed E-state index contributed by atoms with van der Waals surface area (Å²) in [6, 6.07) is 11.7. The number of hydrogen-bond donors (Lipinski definition) is 1. The number of rotatable bonds is 4. The first kappa shape index (κ1) is 19.7. The smallest absolute Gasteiger partial charge is 0.413 e. The molecule has 0 spiro atoms. The van der Waals surface area contributed by atoms with E-state index in [4.69, 9.17) is 9.47 Å². The van der Waals surface area contributed by atoms with Crippen molar-refractivity contribution in [3.05, 3.63) is 36.4 Å². The molecule has 1 amide bonds. The maximum atomic E-state index is 11.8. The predicted octanol–water partition coefficient (Wildman–Crippen LogP) is 3.16. The van der Waals surface area contributed by atoms with Crippen LogP contribution in [0.4, 0.5) is 22.1 Å². The zero-order valence-electron chi connectivity index (χ0n) is 16.8. The van der Waals surface area contributed by atoms with E-state index in [1.54, 1.807) is 13.2 Å². The third-order valence-electron chi connectivity index (χ3n) is 4.32. The van der Waals surface area contributed by atoms with Gasteiger partial charge in [-0.15, -0.1) is 10.2 Å². The van der Waals surface area contributed by atoms with Gasteiger partial charge in [0.05, 0.1) is 7.11 Å². The zero-order chi connectivity index (χ0) is 20.1. The molecule has 3 rings (SSSR count). The number of benzene rings is 1. The first-order valence-corrected chi connectivity index (χ1v) is 9.32. The molecule has 8 nitrogen and oxygen atoms in total. The number of methoxy groups -OCH3 is 1. The summed E-state index contributed by atoms with van der Waals surface area (Å²) in [5, 5.41) is 10.9. The lowest BCUT2D eigenvalue weighted by Crippen LogP contribution is -2.46. The normalized spacial score (nSPS) is 14.6. The number of amides is 1. The zero-order valence-corrected chi connectivity index (χ0v) is 16.8. The summed E-state index contributed by atoms with van der Waals surface area (Å²) in [7, 11) is 1.67. The van der Waals surface area contributed by atoms with Gasteiger partial charge in [0.2, 0.25) is 0 Å². The fraction of sp³-hybridized carbons (Fsp3) is 0.450. The van der Waals surface area contributed by atoms with Gasteiger partial charge in [0.15, 0.2) is 11.6 Å². The molecule has 1 aromatic carbocycles. The van der Waals surface area contributed by atoms with Crippen LogP contribution in [0.1, 0.15) is 20.8 Å². The molecule has 0 atom stereocenters. The van der Waals surface area contributed by atoms with E-state index in [-0.39, 0.29) is 0 Å². The molecule has 0 saturated carbocycles. The highest BCUT2D eigenvalue weighted by atomic mass is 16.6. The number of nitrogens with one attached hydrogen (secondary N) is 1.